The number of hydrogen-bond acceptors (Lipinski definition) is 4. The molecule has 1 fully saturated rings. The fourth-order valence-corrected chi connectivity index (χ4v) is 3.28. The van der Waals surface area contributed by atoms with Crippen molar-refractivity contribution < 1.29 is 0 Å². The van der Waals surface area contributed by atoms with Crippen LogP contribution in [0.1, 0.15) is 19.2 Å². The molecule has 22 heavy (non-hydrogen) atoms. The summed E-state index contributed by atoms with van der Waals surface area (Å²) < 4.78 is 1.97. The van der Waals surface area contributed by atoms with Gasteiger partial charge in [0.2, 0.25) is 0 Å². The molecule has 1 aromatic carbocycles. The number of aromatic nitrogens is 3. The van der Waals surface area contributed by atoms with Crippen molar-refractivity contribution in [2.75, 3.05) is 31.6 Å². The molecule has 0 radical (unpaired) electrons. The van der Waals surface area contributed by atoms with Gasteiger partial charge < -0.3 is 4.90 Å². The molecule has 0 bridgehead atoms. The zero-order valence-corrected chi connectivity index (χ0v) is 13.5. The highest BCUT2D eigenvalue weighted by Gasteiger charge is 2.24. The summed E-state index contributed by atoms with van der Waals surface area (Å²) in [6, 6.07) is 10.7. The summed E-state index contributed by atoms with van der Waals surface area (Å²) in [6.07, 6.45) is 2.92. The van der Waals surface area contributed by atoms with Crippen molar-refractivity contribution in [1.29, 1.82) is 0 Å². The minimum absolute atomic E-state index is 0.725. The molecule has 0 saturated carbocycles. The molecule has 3 rings (SSSR count). The number of nitrogens with zero attached hydrogens (tertiary/aromatic N) is 5. The van der Waals surface area contributed by atoms with Crippen molar-refractivity contribution in [2.24, 2.45) is 5.92 Å². The molecule has 1 aromatic heterocycles. The second-order valence-electron chi connectivity index (χ2n) is 6.13. The lowest BCUT2D eigenvalue weighted by Gasteiger charge is -2.22. The van der Waals surface area contributed by atoms with E-state index in [1.54, 1.807) is 6.33 Å². The summed E-state index contributed by atoms with van der Waals surface area (Å²) in [4.78, 5) is 9.23. The molecule has 0 N–H and O–H groups in total. The van der Waals surface area contributed by atoms with Crippen LogP contribution in [0.3, 0.4) is 0 Å². The average molecular weight is 299 g/mol. The first kappa shape index (κ1) is 15.0. The molecule has 2 heterocycles. The standard InChI is InChI=1S/C17H25N5/c1-3-22-17(18-14-19-22)13-20(2)11-15-9-10-21(12-15)16-7-5-4-6-8-16/h4-8,14-15H,3,9-13H2,1-2H3. The summed E-state index contributed by atoms with van der Waals surface area (Å²) >= 11 is 0. The van der Waals surface area contributed by atoms with Crippen LogP contribution in [0.4, 0.5) is 5.69 Å². The lowest BCUT2D eigenvalue weighted by molar-refractivity contribution is 0.268. The first-order valence-corrected chi connectivity index (χ1v) is 8.11. The number of para-hydroxylation sites is 1. The molecule has 1 unspecified atom stereocenters. The van der Waals surface area contributed by atoms with Crippen molar-refractivity contribution in [2.45, 2.75) is 26.4 Å². The van der Waals surface area contributed by atoms with Crippen molar-refractivity contribution >= 4 is 5.69 Å². The Labute approximate surface area is 132 Å². The van der Waals surface area contributed by atoms with Crippen molar-refractivity contribution in [3.05, 3.63) is 42.5 Å². The zero-order valence-electron chi connectivity index (χ0n) is 13.5. The quantitative estimate of drug-likeness (QED) is 0.820. The molecule has 2 aromatic rings. The minimum Gasteiger partial charge on any atom is -0.371 e. The van der Waals surface area contributed by atoms with E-state index in [9.17, 15) is 0 Å². The second-order valence-corrected chi connectivity index (χ2v) is 6.13. The van der Waals surface area contributed by atoms with Crippen molar-refractivity contribution in [3.8, 4) is 0 Å². The summed E-state index contributed by atoms with van der Waals surface area (Å²) in [5, 5.41) is 4.24. The molecule has 1 aliphatic heterocycles. The van der Waals surface area contributed by atoms with Crippen LogP contribution in [0, 0.1) is 5.92 Å². The maximum atomic E-state index is 4.36. The smallest absolute Gasteiger partial charge is 0.140 e. The summed E-state index contributed by atoms with van der Waals surface area (Å²) in [5.41, 5.74) is 1.35. The van der Waals surface area contributed by atoms with Crippen molar-refractivity contribution in [3.63, 3.8) is 0 Å². The highest BCUT2D eigenvalue weighted by atomic mass is 15.3. The van der Waals surface area contributed by atoms with Gasteiger partial charge in [-0.15, -0.1) is 0 Å². The van der Waals surface area contributed by atoms with Crippen LogP contribution in [0.25, 0.3) is 0 Å². The highest BCUT2D eigenvalue weighted by Crippen LogP contribution is 2.24. The zero-order chi connectivity index (χ0) is 15.4. The third-order valence-electron chi connectivity index (χ3n) is 4.38. The van der Waals surface area contributed by atoms with Crippen molar-refractivity contribution in [1.82, 2.24) is 19.7 Å². The molecule has 0 aliphatic carbocycles. The van der Waals surface area contributed by atoms with E-state index in [-0.39, 0.29) is 0 Å². The van der Waals surface area contributed by atoms with Gasteiger partial charge >= 0.3 is 0 Å². The van der Waals surface area contributed by atoms with Gasteiger partial charge in [-0.25, -0.2) is 9.67 Å². The van der Waals surface area contributed by atoms with E-state index in [4.69, 9.17) is 0 Å². The highest BCUT2D eigenvalue weighted by molar-refractivity contribution is 5.46. The van der Waals surface area contributed by atoms with E-state index in [0.717, 1.165) is 44.5 Å². The molecule has 118 valence electrons. The van der Waals surface area contributed by atoms with Gasteiger partial charge in [-0.3, -0.25) is 4.90 Å². The molecular weight excluding hydrogens is 274 g/mol. The Bertz CT molecular complexity index is 580. The molecule has 1 aliphatic rings. The van der Waals surface area contributed by atoms with Gasteiger partial charge in [-0.05, 0) is 38.4 Å². The van der Waals surface area contributed by atoms with Crippen LogP contribution in [0.5, 0.6) is 0 Å². The van der Waals surface area contributed by atoms with Gasteiger partial charge in [0, 0.05) is 31.9 Å². The first-order chi connectivity index (χ1) is 10.8. The van der Waals surface area contributed by atoms with E-state index in [0.29, 0.717) is 0 Å². The number of aryl methyl sites for hydroxylation is 1. The van der Waals surface area contributed by atoms with Gasteiger partial charge in [0.05, 0.1) is 6.54 Å². The Balaban J connectivity index is 1.52. The Morgan fingerprint density at radius 1 is 1.27 bits per heavy atom. The molecule has 5 nitrogen and oxygen atoms in total. The first-order valence-electron chi connectivity index (χ1n) is 8.11. The van der Waals surface area contributed by atoms with E-state index < -0.39 is 0 Å². The van der Waals surface area contributed by atoms with Gasteiger partial charge in [-0.2, -0.15) is 5.10 Å². The Kier molecular flexibility index (Phi) is 4.73. The summed E-state index contributed by atoms with van der Waals surface area (Å²) in [7, 11) is 2.18. The molecule has 1 atom stereocenters. The van der Waals surface area contributed by atoms with Gasteiger partial charge in [0.1, 0.15) is 12.2 Å². The summed E-state index contributed by atoms with van der Waals surface area (Å²) in [6.45, 7) is 7.28. The maximum Gasteiger partial charge on any atom is 0.140 e. The predicted molar refractivity (Wildman–Crippen MR) is 88.8 cm³/mol. The largest absolute Gasteiger partial charge is 0.371 e. The number of benzene rings is 1. The van der Waals surface area contributed by atoms with Crippen LogP contribution in [-0.2, 0) is 13.1 Å². The molecular formula is C17H25N5. The van der Waals surface area contributed by atoms with E-state index in [1.807, 2.05) is 4.68 Å². The van der Waals surface area contributed by atoms with Crippen LogP contribution in [0.2, 0.25) is 0 Å². The fourth-order valence-electron chi connectivity index (χ4n) is 3.28. The van der Waals surface area contributed by atoms with Crippen LogP contribution < -0.4 is 4.90 Å². The lowest BCUT2D eigenvalue weighted by Crippen LogP contribution is -2.29. The Morgan fingerprint density at radius 3 is 2.86 bits per heavy atom. The number of rotatable bonds is 6. The van der Waals surface area contributed by atoms with E-state index in [2.05, 4.69) is 64.2 Å². The number of hydrogen-bond donors (Lipinski definition) is 0. The third kappa shape index (κ3) is 3.47. The van der Waals surface area contributed by atoms with Gasteiger partial charge in [-0.1, -0.05) is 18.2 Å². The SMILES string of the molecule is CCn1ncnc1CN(C)CC1CCN(c2ccccc2)C1. The van der Waals surface area contributed by atoms with Crippen LogP contribution in [0.15, 0.2) is 36.7 Å². The topological polar surface area (TPSA) is 37.2 Å². The number of anilines is 1. The monoisotopic (exact) mass is 299 g/mol. The maximum absolute atomic E-state index is 4.36. The summed E-state index contributed by atoms with van der Waals surface area (Å²) in [5.74, 6) is 1.78. The Hall–Kier alpha value is -1.88. The molecule has 0 spiro atoms. The fraction of sp³-hybridized carbons (Fsp3) is 0.529. The minimum atomic E-state index is 0.725. The average Bonchev–Trinajstić information content (AvgIpc) is 3.17. The molecule has 5 heteroatoms. The molecule has 0 amide bonds. The van der Waals surface area contributed by atoms with Gasteiger partial charge in [0.25, 0.3) is 0 Å². The third-order valence-corrected chi connectivity index (χ3v) is 4.38. The predicted octanol–water partition coefficient (Wildman–Crippen LogP) is 2.26. The van der Waals surface area contributed by atoms with E-state index in [1.165, 1.54) is 12.1 Å². The second kappa shape index (κ2) is 6.92. The van der Waals surface area contributed by atoms with Crippen LogP contribution in [-0.4, -0.2) is 46.3 Å². The van der Waals surface area contributed by atoms with E-state index >= 15 is 0 Å². The Morgan fingerprint density at radius 2 is 2.09 bits per heavy atom. The van der Waals surface area contributed by atoms with Gasteiger partial charge in [0.15, 0.2) is 0 Å². The molecule has 1 saturated heterocycles. The lowest BCUT2D eigenvalue weighted by atomic mass is 10.1. The normalized spacial score (nSPS) is 18.3. The van der Waals surface area contributed by atoms with Crippen LogP contribution >= 0.6 is 0 Å².